The van der Waals surface area contributed by atoms with Crippen LogP contribution in [0.3, 0.4) is 0 Å². The Labute approximate surface area is 134 Å². The van der Waals surface area contributed by atoms with Gasteiger partial charge in [-0.3, -0.25) is 4.79 Å². The van der Waals surface area contributed by atoms with Crippen LogP contribution in [-0.2, 0) is 10.5 Å². The Morgan fingerprint density at radius 2 is 1.83 bits per heavy atom. The summed E-state index contributed by atoms with van der Waals surface area (Å²) in [6.07, 6.45) is 0. The van der Waals surface area contributed by atoms with Gasteiger partial charge in [0.05, 0.1) is 5.56 Å². The van der Waals surface area contributed by atoms with Gasteiger partial charge in [-0.25, -0.2) is 0 Å². The number of ether oxygens (including phenoxy) is 3. The van der Waals surface area contributed by atoms with Crippen molar-refractivity contribution in [2.45, 2.75) is 12.6 Å². The second kappa shape index (κ2) is 5.28. The number of hydrogen-bond donors (Lipinski definition) is 1. The van der Waals surface area contributed by atoms with Crippen molar-refractivity contribution in [2.75, 3.05) is 19.8 Å². The van der Waals surface area contributed by atoms with Gasteiger partial charge in [0.15, 0.2) is 17.2 Å². The highest BCUT2D eigenvalue weighted by Gasteiger charge is 2.46. The van der Waals surface area contributed by atoms with Crippen molar-refractivity contribution in [2.24, 2.45) is 0 Å². The van der Waals surface area contributed by atoms with Crippen molar-refractivity contribution in [3.8, 4) is 11.5 Å². The predicted molar refractivity (Wildman–Crippen MR) is 83.7 cm³/mol. The monoisotopic (exact) mass is 311 g/mol. The van der Waals surface area contributed by atoms with Gasteiger partial charge in [0.25, 0.3) is 5.91 Å². The zero-order valence-corrected chi connectivity index (χ0v) is 12.8. The Morgan fingerprint density at radius 3 is 2.52 bits per heavy atom. The molecule has 1 N–H and O–H groups in total. The van der Waals surface area contributed by atoms with Crippen LogP contribution in [-0.4, -0.2) is 25.7 Å². The van der Waals surface area contributed by atoms with Gasteiger partial charge < -0.3 is 19.5 Å². The summed E-state index contributed by atoms with van der Waals surface area (Å²) in [5.41, 5.74) is 1.22. The molecule has 2 heterocycles. The first-order chi connectivity index (χ1) is 11.2. The summed E-state index contributed by atoms with van der Waals surface area (Å²) < 4.78 is 17.3. The molecule has 2 aromatic rings. The van der Waals surface area contributed by atoms with E-state index in [1.54, 1.807) is 6.07 Å². The quantitative estimate of drug-likeness (QED) is 0.946. The molecule has 23 heavy (non-hydrogen) atoms. The molecule has 0 saturated heterocycles. The normalized spacial score (nSPS) is 21.7. The zero-order valence-electron chi connectivity index (χ0n) is 12.8. The van der Waals surface area contributed by atoms with E-state index >= 15 is 0 Å². The Balaban J connectivity index is 1.93. The number of rotatable bonds is 3. The number of benzene rings is 2. The minimum Gasteiger partial charge on any atom is -0.486 e. The number of amides is 1. The molecular formula is C18H17NO4. The maximum Gasteiger partial charge on any atom is 0.254 e. The Kier molecular flexibility index (Phi) is 3.23. The lowest BCUT2D eigenvalue weighted by atomic mass is 9.93. The van der Waals surface area contributed by atoms with Crippen LogP contribution in [0, 0.1) is 0 Å². The van der Waals surface area contributed by atoms with E-state index in [-0.39, 0.29) is 5.91 Å². The number of fused-ring (bicyclic) bond motifs is 2. The summed E-state index contributed by atoms with van der Waals surface area (Å²) in [5, 5.41) is 3.00. The zero-order chi connectivity index (χ0) is 15.9. The lowest BCUT2D eigenvalue weighted by Gasteiger charge is -2.31. The molecule has 1 amide bonds. The van der Waals surface area contributed by atoms with Crippen LogP contribution in [0.25, 0.3) is 0 Å². The Bertz CT molecular complexity index is 759. The van der Waals surface area contributed by atoms with Crippen LogP contribution >= 0.6 is 0 Å². The first-order valence-electron chi connectivity index (χ1n) is 7.71. The SMILES string of the molecule is CCOC1(c2ccccc2)NC(=O)c2cc3c(cc21)OCCO3. The second-order valence-electron chi connectivity index (χ2n) is 5.48. The summed E-state index contributed by atoms with van der Waals surface area (Å²) >= 11 is 0. The first kappa shape index (κ1) is 14.1. The van der Waals surface area contributed by atoms with Gasteiger partial charge in [0.2, 0.25) is 0 Å². The molecule has 5 heteroatoms. The van der Waals surface area contributed by atoms with Crippen LogP contribution in [0.1, 0.15) is 28.4 Å². The van der Waals surface area contributed by atoms with Crippen molar-refractivity contribution >= 4 is 5.91 Å². The predicted octanol–water partition coefficient (Wildman–Crippen LogP) is 2.44. The van der Waals surface area contributed by atoms with Gasteiger partial charge in [-0.15, -0.1) is 0 Å². The van der Waals surface area contributed by atoms with Crippen molar-refractivity contribution in [3.63, 3.8) is 0 Å². The summed E-state index contributed by atoms with van der Waals surface area (Å²) in [6.45, 7) is 3.36. The molecule has 1 atom stereocenters. The summed E-state index contributed by atoms with van der Waals surface area (Å²) in [4.78, 5) is 12.5. The van der Waals surface area contributed by atoms with Crippen LogP contribution in [0.4, 0.5) is 0 Å². The van der Waals surface area contributed by atoms with Crippen LogP contribution in [0.5, 0.6) is 11.5 Å². The average Bonchev–Trinajstić information content (AvgIpc) is 2.87. The Hall–Kier alpha value is -2.53. The summed E-state index contributed by atoms with van der Waals surface area (Å²) in [7, 11) is 0. The van der Waals surface area contributed by atoms with E-state index in [1.165, 1.54) is 0 Å². The van der Waals surface area contributed by atoms with Gasteiger partial charge in [-0.2, -0.15) is 0 Å². The van der Waals surface area contributed by atoms with Crippen molar-refractivity contribution < 1.29 is 19.0 Å². The summed E-state index contributed by atoms with van der Waals surface area (Å²) in [5.74, 6) is 1.08. The fourth-order valence-corrected chi connectivity index (χ4v) is 3.18. The molecule has 0 spiro atoms. The maximum absolute atomic E-state index is 12.5. The number of nitrogens with one attached hydrogen (secondary N) is 1. The third-order valence-corrected chi connectivity index (χ3v) is 4.14. The minimum absolute atomic E-state index is 0.172. The molecule has 0 fully saturated rings. The van der Waals surface area contributed by atoms with Gasteiger partial charge in [0, 0.05) is 17.7 Å². The topological polar surface area (TPSA) is 56.8 Å². The van der Waals surface area contributed by atoms with Crippen molar-refractivity contribution in [3.05, 3.63) is 59.2 Å². The number of carbonyl (C=O) groups is 1. The molecule has 2 aliphatic heterocycles. The lowest BCUT2D eigenvalue weighted by molar-refractivity contribution is -0.0258. The highest BCUT2D eigenvalue weighted by Crippen LogP contribution is 2.44. The van der Waals surface area contributed by atoms with E-state index in [9.17, 15) is 4.79 Å². The van der Waals surface area contributed by atoms with E-state index in [0.717, 1.165) is 11.1 Å². The molecular weight excluding hydrogens is 294 g/mol. The molecule has 5 nitrogen and oxygen atoms in total. The average molecular weight is 311 g/mol. The lowest BCUT2D eigenvalue weighted by Crippen LogP contribution is -2.43. The Morgan fingerprint density at radius 1 is 1.13 bits per heavy atom. The van der Waals surface area contributed by atoms with Crippen LogP contribution < -0.4 is 14.8 Å². The van der Waals surface area contributed by atoms with E-state index in [1.807, 2.05) is 43.3 Å². The molecule has 1 unspecified atom stereocenters. The third-order valence-electron chi connectivity index (χ3n) is 4.14. The molecule has 118 valence electrons. The van der Waals surface area contributed by atoms with Crippen molar-refractivity contribution in [1.82, 2.24) is 5.32 Å². The molecule has 2 aliphatic rings. The van der Waals surface area contributed by atoms with Crippen molar-refractivity contribution in [1.29, 1.82) is 0 Å². The molecule has 0 saturated carbocycles. The molecule has 0 radical (unpaired) electrons. The third kappa shape index (κ3) is 2.08. The van der Waals surface area contributed by atoms with E-state index < -0.39 is 5.72 Å². The van der Waals surface area contributed by atoms with Crippen LogP contribution in [0.2, 0.25) is 0 Å². The fraction of sp³-hybridized carbons (Fsp3) is 0.278. The van der Waals surface area contributed by atoms with Gasteiger partial charge in [-0.1, -0.05) is 30.3 Å². The molecule has 4 rings (SSSR count). The molecule has 0 aliphatic carbocycles. The fourth-order valence-electron chi connectivity index (χ4n) is 3.18. The van der Waals surface area contributed by atoms with Crippen LogP contribution in [0.15, 0.2) is 42.5 Å². The second-order valence-corrected chi connectivity index (χ2v) is 5.48. The molecule has 0 aromatic heterocycles. The van der Waals surface area contributed by atoms with Gasteiger partial charge >= 0.3 is 0 Å². The summed E-state index contributed by atoms with van der Waals surface area (Å²) in [6, 6.07) is 13.3. The highest BCUT2D eigenvalue weighted by atomic mass is 16.6. The highest BCUT2D eigenvalue weighted by molar-refractivity contribution is 6.01. The van der Waals surface area contributed by atoms with E-state index in [0.29, 0.717) is 36.9 Å². The van der Waals surface area contributed by atoms with E-state index in [4.69, 9.17) is 14.2 Å². The standard InChI is InChI=1S/C18H17NO4/c1-2-23-18(12-6-4-3-5-7-12)14-11-16-15(21-8-9-22-16)10-13(14)17(20)19-18/h3-7,10-11H,2,8-9H2,1H3,(H,19,20). The molecule has 0 bridgehead atoms. The maximum atomic E-state index is 12.5. The largest absolute Gasteiger partial charge is 0.486 e. The number of carbonyl (C=O) groups excluding carboxylic acids is 1. The smallest absolute Gasteiger partial charge is 0.254 e. The molecule has 2 aromatic carbocycles. The first-order valence-corrected chi connectivity index (χ1v) is 7.71. The number of hydrogen-bond acceptors (Lipinski definition) is 4. The van der Waals surface area contributed by atoms with E-state index in [2.05, 4.69) is 5.32 Å². The minimum atomic E-state index is -0.988. The van der Waals surface area contributed by atoms with Gasteiger partial charge in [0.1, 0.15) is 13.2 Å². The van der Waals surface area contributed by atoms with Gasteiger partial charge in [-0.05, 0) is 19.1 Å².